The summed E-state index contributed by atoms with van der Waals surface area (Å²) >= 11 is 6.05. The second-order valence-corrected chi connectivity index (χ2v) is 5.52. The molecule has 0 radical (unpaired) electrons. The quantitative estimate of drug-likeness (QED) is 0.814. The van der Waals surface area contributed by atoms with Crippen molar-refractivity contribution in [3.05, 3.63) is 34.9 Å². The van der Waals surface area contributed by atoms with Crippen LogP contribution in [-0.2, 0) is 15.1 Å². The molecule has 1 aromatic rings. The summed E-state index contributed by atoms with van der Waals surface area (Å²) in [5.74, 6) is 0.438. The van der Waals surface area contributed by atoms with Gasteiger partial charge in [0, 0.05) is 5.02 Å². The minimum Gasteiger partial charge on any atom is -0.467 e. The van der Waals surface area contributed by atoms with E-state index in [2.05, 4.69) is 5.32 Å². The minimum absolute atomic E-state index is 0.252. The van der Waals surface area contributed by atoms with Crippen LogP contribution in [0.5, 0.6) is 0 Å². The highest BCUT2D eigenvalue weighted by atomic mass is 35.5. The summed E-state index contributed by atoms with van der Waals surface area (Å²) in [6, 6.07) is 7.43. The van der Waals surface area contributed by atoms with Crippen molar-refractivity contribution in [1.29, 1.82) is 0 Å². The summed E-state index contributed by atoms with van der Waals surface area (Å²) in [4.78, 5) is 12.3. The van der Waals surface area contributed by atoms with E-state index < -0.39 is 5.54 Å². The maximum absolute atomic E-state index is 12.3. The van der Waals surface area contributed by atoms with E-state index in [1.807, 2.05) is 31.2 Å². The predicted octanol–water partition coefficient (Wildman–Crippen LogP) is 3.12. The fourth-order valence-electron chi connectivity index (χ4n) is 2.33. The molecule has 1 unspecified atom stereocenters. The number of hydrogen-bond donors (Lipinski definition) is 1. The summed E-state index contributed by atoms with van der Waals surface area (Å²) in [6.45, 7) is 2.83. The number of benzene rings is 1. The zero-order valence-electron chi connectivity index (χ0n) is 11.4. The fourth-order valence-corrected chi connectivity index (χ4v) is 2.52. The molecule has 1 aliphatic rings. The van der Waals surface area contributed by atoms with Crippen LogP contribution in [0.1, 0.15) is 31.7 Å². The molecule has 3 nitrogen and oxygen atoms in total. The molecule has 0 heterocycles. The van der Waals surface area contributed by atoms with Crippen molar-refractivity contribution in [3.63, 3.8) is 0 Å². The third-order valence-electron chi connectivity index (χ3n) is 3.77. The van der Waals surface area contributed by atoms with Crippen LogP contribution >= 0.6 is 11.6 Å². The molecule has 1 aromatic carbocycles. The average molecular weight is 282 g/mol. The zero-order chi connectivity index (χ0) is 13.9. The first-order chi connectivity index (χ1) is 9.12. The van der Waals surface area contributed by atoms with Crippen LogP contribution in [0.25, 0.3) is 0 Å². The number of rotatable bonds is 6. The number of carbonyl (C=O) groups is 1. The second-order valence-electron chi connectivity index (χ2n) is 5.09. The lowest BCUT2D eigenvalue weighted by Crippen LogP contribution is -2.50. The molecule has 1 atom stereocenters. The van der Waals surface area contributed by atoms with Gasteiger partial charge in [-0.3, -0.25) is 5.32 Å². The van der Waals surface area contributed by atoms with E-state index in [9.17, 15) is 4.79 Å². The first kappa shape index (κ1) is 14.4. The molecule has 4 heteroatoms. The van der Waals surface area contributed by atoms with E-state index >= 15 is 0 Å². The standard InChI is InChI=1S/C15H20ClNO2/c1-3-15(14(18)19-2,17-10-11-7-8-11)12-5-4-6-13(16)9-12/h4-6,9,11,17H,3,7-8,10H2,1-2H3. The van der Waals surface area contributed by atoms with Gasteiger partial charge in [0.2, 0.25) is 0 Å². The van der Waals surface area contributed by atoms with E-state index in [1.54, 1.807) is 0 Å². The Hall–Kier alpha value is -1.06. The highest BCUT2D eigenvalue weighted by molar-refractivity contribution is 6.30. The average Bonchev–Trinajstić information content (AvgIpc) is 3.24. The van der Waals surface area contributed by atoms with Gasteiger partial charge in [-0.2, -0.15) is 0 Å². The van der Waals surface area contributed by atoms with Crippen LogP contribution < -0.4 is 5.32 Å². The Kier molecular flexibility index (Phi) is 4.48. The van der Waals surface area contributed by atoms with Gasteiger partial charge < -0.3 is 4.74 Å². The third-order valence-corrected chi connectivity index (χ3v) is 4.01. The van der Waals surface area contributed by atoms with Crippen LogP contribution in [0.3, 0.4) is 0 Å². The van der Waals surface area contributed by atoms with Gasteiger partial charge in [-0.05, 0) is 49.4 Å². The van der Waals surface area contributed by atoms with Gasteiger partial charge in [-0.25, -0.2) is 4.79 Å². The molecule has 0 amide bonds. The number of hydrogen-bond acceptors (Lipinski definition) is 3. The molecule has 0 aliphatic heterocycles. The third kappa shape index (κ3) is 3.10. The molecule has 0 saturated heterocycles. The monoisotopic (exact) mass is 281 g/mol. The molecule has 1 fully saturated rings. The normalized spacial score (nSPS) is 17.8. The maximum Gasteiger partial charge on any atom is 0.330 e. The summed E-state index contributed by atoms with van der Waals surface area (Å²) in [5.41, 5.74) is 0.0809. The number of halogens is 1. The Morgan fingerprint density at radius 1 is 1.53 bits per heavy atom. The predicted molar refractivity (Wildman–Crippen MR) is 76.2 cm³/mol. The van der Waals surface area contributed by atoms with Gasteiger partial charge in [-0.15, -0.1) is 0 Å². The SMILES string of the molecule is CCC(NCC1CC1)(C(=O)OC)c1cccc(Cl)c1. The topological polar surface area (TPSA) is 38.3 Å². The molecule has 1 aliphatic carbocycles. The van der Waals surface area contributed by atoms with E-state index in [0.29, 0.717) is 17.4 Å². The molecule has 2 rings (SSSR count). The van der Waals surface area contributed by atoms with Crippen LogP contribution in [-0.4, -0.2) is 19.6 Å². The molecule has 1 N–H and O–H groups in total. The summed E-state index contributed by atoms with van der Waals surface area (Å²) in [7, 11) is 1.43. The van der Waals surface area contributed by atoms with Crippen molar-refractivity contribution in [2.75, 3.05) is 13.7 Å². The van der Waals surface area contributed by atoms with Gasteiger partial charge in [-0.1, -0.05) is 30.7 Å². The molecule has 0 aromatic heterocycles. The Balaban J connectivity index is 2.32. The van der Waals surface area contributed by atoms with Gasteiger partial charge >= 0.3 is 5.97 Å². The molecular weight excluding hydrogens is 262 g/mol. The van der Waals surface area contributed by atoms with Gasteiger partial charge in [0.25, 0.3) is 0 Å². The van der Waals surface area contributed by atoms with E-state index in [4.69, 9.17) is 16.3 Å². The van der Waals surface area contributed by atoms with Crippen molar-refractivity contribution < 1.29 is 9.53 Å². The van der Waals surface area contributed by atoms with E-state index in [1.165, 1.54) is 20.0 Å². The Morgan fingerprint density at radius 2 is 2.26 bits per heavy atom. The Labute approximate surface area is 119 Å². The summed E-state index contributed by atoms with van der Waals surface area (Å²) in [5, 5.41) is 4.04. The fraction of sp³-hybridized carbons (Fsp3) is 0.533. The number of esters is 1. The zero-order valence-corrected chi connectivity index (χ0v) is 12.2. The Morgan fingerprint density at radius 3 is 2.79 bits per heavy atom. The van der Waals surface area contributed by atoms with Crippen molar-refractivity contribution in [2.24, 2.45) is 5.92 Å². The van der Waals surface area contributed by atoms with Crippen LogP contribution in [0.2, 0.25) is 5.02 Å². The number of carbonyl (C=O) groups excluding carboxylic acids is 1. The molecule has 19 heavy (non-hydrogen) atoms. The molecular formula is C15H20ClNO2. The maximum atomic E-state index is 12.3. The van der Waals surface area contributed by atoms with Crippen LogP contribution in [0.4, 0.5) is 0 Å². The number of methoxy groups -OCH3 is 1. The lowest BCUT2D eigenvalue weighted by atomic mass is 9.87. The molecule has 0 spiro atoms. The lowest BCUT2D eigenvalue weighted by molar-refractivity contribution is -0.149. The lowest BCUT2D eigenvalue weighted by Gasteiger charge is -2.32. The smallest absolute Gasteiger partial charge is 0.330 e. The molecule has 0 bridgehead atoms. The highest BCUT2D eigenvalue weighted by Crippen LogP contribution is 2.32. The van der Waals surface area contributed by atoms with Crippen LogP contribution in [0, 0.1) is 5.92 Å². The van der Waals surface area contributed by atoms with E-state index in [-0.39, 0.29) is 5.97 Å². The largest absolute Gasteiger partial charge is 0.467 e. The molecule has 1 saturated carbocycles. The second kappa shape index (κ2) is 5.93. The summed E-state index contributed by atoms with van der Waals surface area (Å²) < 4.78 is 5.01. The summed E-state index contributed by atoms with van der Waals surface area (Å²) in [6.07, 6.45) is 3.11. The van der Waals surface area contributed by atoms with Gasteiger partial charge in [0.05, 0.1) is 7.11 Å². The molecule has 104 valence electrons. The minimum atomic E-state index is -0.789. The van der Waals surface area contributed by atoms with E-state index in [0.717, 1.165) is 12.1 Å². The first-order valence-corrected chi connectivity index (χ1v) is 7.09. The van der Waals surface area contributed by atoms with Crippen molar-refractivity contribution in [2.45, 2.75) is 31.7 Å². The van der Waals surface area contributed by atoms with Crippen LogP contribution in [0.15, 0.2) is 24.3 Å². The van der Waals surface area contributed by atoms with Crippen molar-refractivity contribution in [1.82, 2.24) is 5.32 Å². The Bertz CT molecular complexity index is 459. The number of nitrogens with one attached hydrogen (secondary N) is 1. The number of ether oxygens (including phenoxy) is 1. The van der Waals surface area contributed by atoms with Gasteiger partial charge in [0.15, 0.2) is 0 Å². The van der Waals surface area contributed by atoms with Crippen molar-refractivity contribution >= 4 is 17.6 Å². The van der Waals surface area contributed by atoms with Gasteiger partial charge in [0.1, 0.15) is 5.54 Å². The first-order valence-electron chi connectivity index (χ1n) is 6.72. The highest BCUT2D eigenvalue weighted by Gasteiger charge is 2.40. The van der Waals surface area contributed by atoms with Crippen molar-refractivity contribution in [3.8, 4) is 0 Å².